The highest BCUT2D eigenvalue weighted by molar-refractivity contribution is 5.77. The van der Waals surface area contributed by atoms with Gasteiger partial charge >= 0.3 is 5.97 Å². The van der Waals surface area contributed by atoms with Crippen molar-refractivity contribution in [2.75, 3.05) is 31.6 Å². The van der Waals surface area contributed by atoms with Crippen molar-refractivity contribution in [1.82, 2.24) is 9.88 Å². The van der Waals surface area contributed by atoms with Gasteiger partial charge in [-0.1, -0.05) is 0 Å². The highest BCUT2D eigenvalue weighted by Crippen LogP contribution is 2.23. The molecule has 2 aliphatic rings. The Morgan fingerprint density at radius 2 is 2.38 bits per heavy atom. The molecule has 1 aromatic rings. The summed E-state index contributed by atoms with van der Waals surface area (Å²) in [6, 6.07) is 5.59. The first-order chi connectivity index (χ1) is 10.3. The summed E-state index contributed by atoms with van der Waals surface area (Å²) in [7, 11) is 0. The molecule has 0 aromatic carbocycles. The average Bonchev–Trinajstić information content (AvgIpc) is 3.14. The Labute approximate surface area is 123 Å². The molecule has 110 valence electrons. The van der Waals surface area contributed by atoms with E-state index in [1.54, 1.807) is 12.3 Å². The highest BCUT2D eigenvalue weighted by atomic mass is 16.5. The zero-order valence-electron chi connectivity index (χ0n) is 11.8. The quantitative estimate of drug-likeness (QED) is 0.832. The fraction of sp³-hybridized carbons (Fsp3) is 0.533. The Bertz CT molecular complexity index is 552. The smallest absolute Gasteiger partial charge is 0.323 e. The molecule has 1 N–H and O–H groups in total. The molecule has 0 amide bonds. The highest BCUT2D eigenvalue weighted by Gasteiger charge is 2.36. The summed E-state index contributed by atoms with van der Waals surface area (Å²) in [4.78, 5) is 18.0. The van der Waals surface area contributed by atoms with E-state index in [0.717, 1.165) is 38.3 Å². The second-order valence-electron chi connectivity index (χ2n) is 5.55. The van der Waals surface area contributed by atoms with Gasteiger partial charge in [0.25, 0.3) is 0 Å². The Hall–Kier alpha value is -2.13. The van der Waals surface area contributed by atoms with Crippen molar-refractivity contribution in [3.8, 4) is 6.07 Å². The summed E-state index contributed by atoms with van der Waals surface area (Å²) in [5.41, 5.74) is 0.562. The van der Waals surface area contributed by atoms with Crippen molar-refractivity contribution >= 4 is 11.8 Å². The number of ether oxygens (including phenoxy) is 1. The van der Waals surface area contributed by atoms with E-state index in [0.29, 0.717) is 18.1 Å². The molecule has 2 atom stereocenters. The van der Waals surface area contributed by atoms with Crippen molar-refractivity contribution in [3.05, 3.63) is 23.9 Å². The number of carbonyl (C=O) groups is 1. The maximum Gasteiger partial charge on any atom is 0.323 e. The summed E-state index contributed by atoms with van der Waals surface area (Å²) in [5.74, 6) is 1.22. The second kappa shape index (κ2) is 6.10. The van der Waals surface area contributed by atoms with Gasteiger partial charge in [0.2, 0.25) is 0 Å². The molecule has 6 nitrogen and oxygen atoms in total. The van der Waals surface area contributed by atoms with Crippen LogP contribution in [0.4, 0.5) is 5.82 Å². The molecule has 0 bridgehead atoms. The number of cyclic esters (lactones) is 1. The first-order valence-electron chi connectivity index (χ1n) is 7.27. The molecule has 0 aliphatic carbocycles. The van der Waals surface area contributed by atoms with Gasteiger partial charge in [0, 0.05) is 25.7 Å². The van der Waals surface area contributed by atoms with Crippen molar-refractivity contribution in [1.29, 1.82) is 5.26 Å². The van der Waals surface area contributed by atoms with E-state index in [1.807, 2.05) is 6.07 Å². The molecule has 2 unspecified atom stereocenters. The van der Waals surface area contributed by atoms with Crippen LogP contribution in [0.5, 0.6) is 0 Å². The number of anilines is 1. The van der Waals surface area contributed by atoms with E-state index >= 15 is 0 Å². The zero-order chi connectivity index (χ0) is 14.7. The van der Waals surface area contributed by atoms with Gasteiger partial charge in [0.1, 0.15) is 17.9 Å². The van der Waals surface area contributed by atoms with Crippen LogP contribution in [0.1, 0.15) is 18.4 Å². The van der Waals surface area contributed by atoms with Gasteiger partial charge in [-0.15, -0.1) is 0 Å². The zero-order valence-corrected chi connectivity index (χ0v) is 11.8. The van der Waals surface area contributed by atoms with Gasteiger partial charge in [-0.3, -0.25) is 9.69 Å². The summed E-state index contributed by atoms with van der Waals surface area (Å²) in [6.07, 6.45) is 3.46. The first kappa shape index (κ1) is 13.8. The molecule has 3 heterocycles. The molecule has 0 radical (unpaired) electrons. The normalized spacial score (nSPS) is 25.6. The third-order valence-corrected chi connectivity index (χ3v) is 4.13. The summed E-state index contributed by atoms with van der Waals surface area (Å²) < 4.78 is 5.03. The Kier molecular flexibility index (Phi) is 4.02. The number of likely N-dealkylation sites (tertiary alicyclic amines) is 1. The van der Waals surface area contributed by atoms with Crippen molar-refractivity contribution in [2.24, 2.45) is 5.92 Å². The number of nitrogens with one attached hydrogen (secondary N) is 1. The molecule has 6 heteroatoms. The molecule has 0 saturated carbocycles. The van der Waals surface area contributed by atoms with Crippen LogP contribution in [0.3, 0.4) is 0 Å². The SMILES string of the molecule is N#Cc1ccc(NCC2CCN(C3CCOC3=O)C2)nc1. The second-order valence-corrected chi connectivity index (χ2v) is 5.55. The minimum Gasteiger partial charge on any atom is -0.464 e. The number of nitriles is 1. The van der Waals surface area contributed by atoms with Crippen LogP contribution in [0.2, 0.25) is 0 Å². The van der Waals surface area contributed by atoms with Crippen LogP contribution in [0.25, 0.3) is 0 Å². The van der Waals surface area contributed by atoms with Crippen molar-refractivity contribution < 1.29 is 9.53 Å². The summed E-state index contributed by atoms with van der Waals surface area (Å²) >= 11 is 0. The molecule has 2 saturated heterocycles. The molecular weight excluding hydrogens is 268 g/mol. The average molecular weight is 286 g/mol. The van der Waals surface area contributed by atoms with Gasteiger partial charge in [-0.2, -0.15) is 5.26 Å². The Morgan fingerprint density at radius 3 is 3.05 bits per heavy atom. The number of hydrogen-bond donors (Lipinski definition) is 1. The molecule has 1 aromatic heterocycles. The maximum absolute atomic E-state index is 11.6. The predicted octanol–water partition coefficient (Wildman–Crippen LogP) is 1.00. The number of esters is 1. The number of nitrogens with zero attached hydrogens (tertiary/aromatic N) is 3. The summed E-state index contributed by atoms with van der Waals surface area (Å²) in [6.45, 7) is 3.26. The first-order valence-corrected chi connectivity index (χ1v) is 7.27. The Morgan fingerprint density at radius 1 is 1.48 bits per heavy atom. The third kappa shape index (κ3) is 3.14. The molecule has 21 heavy (non-hydrogen) atoms. The van der Waals surface area contributed by atoms with E-state index in [1.165, 1.54) is 0 Å². The third-order valence-electron chi connectivity index (χ3n) is 4.13. The van der Waals surface area contributed by atoms with Gasteiger partial charge in [0.15, 0.2) is 0 Å². The number of hydrogen-bond acceptors (Lipinski definition) is 6. The molecular formula is C15H18N4O2. The van der Waals surface area contributed by atoms with E-state index in [2.05, 4.69) is 21.3 Å². The maximum atomic E-state index is 11.6. The van der Waals surface area contributed by atoms with Crippen LogP contribution in [-0.2, 0) is 9.53 Å². The number of rotatable bonds is 4. The van der Waals surface area contributed by atoms with Crippen LogP contribution in [0.15, 0.2) is 18.3 Å². The van der Waals surface area contributed by atoms with E-state index in [9.17, 15) is 4.79 Å². The fourth-order valence-corrected chi connectivity index (χ4v) is 2.94. The minimum absolute atomic E-state index is 0.0389. The lowest BCUT2D eigenvalue weighted by atomic mass is 10.1. The fourth-order valence-electron chi connectivity index (χ4n) is 2.94. The molecule has 2 fully saturated rings. The number of aromatic nitrogens is 1. The largest absolute Gasteiger partial charge is 0.464 e. The predicted molar refractivity (Wildman–Crippen MR) is 76.5 cm³/mol. The van der Waals surface area contributed by atoms with E-state index in [-0.39, 0.29) is 12.0 Å². The monoisotopic (exact) mass is 286 g/mol. The van der Waals surface area contributed by atoms with Crippen molar-refractivity contribution in [2.45, 2.75) is 18.9 Å². The molecule has 0 spiro atoms. The van der Waals surface area contributed by atoms with Gasteiger partial charge < -0.3 is 10.1 Å². The molecule has 2 aliphatic heterocycles. The minimum atomic E-state index is -0.0719. The van der Waals surface area contributed by atoms with Crippen LogP contribution in [-0.4, -0.2) is 48.1 Å². The summed E-state index contributed by atoms with van der Waals surface area (Å²) in [5, 5.41) is 12.0. The lowest BCUT2D eigenvalue weighted by Crippen LogP contribution is -2.37. The van der Waals surface area contributed by atoms with E-state index < -0.39 is 0 Å². The number of carbonyl (C=O) groups excluding carboxylic acids is 1. The van der Waals surface area contributed by atoms with Gasteiger partial charge in [-0.25, -0.2) is 4.98 Å². The van der Waals surface area contributed by atoms with Crippen LogP contribution in [0, 0.1) is 17.2 Å². The topological polar surface area (TPSA) is 78.3 Å². The number of pyridine rings is 1. The lowest BCUT2D eigenvalue weighted by molar-refractivity contribution is -0.142. The van der Waals surface area contributed by atoms with E-state index in [4.69, 9.17) is 10.00 Å². The van der Waals surface area contributed by atoms with Crippen LogP contribution >= 0.6 is 0 Å². The Balaban J connectivity index is 1.48. The molecule has 3 rings (SSSR count). The lowest BCUT2D eigenvalue weighted by Gasteiger charge is -2.20. The van der Waals surface area contributed by atoms with Crippen LogP contribution < -0.4 is 5.32 Å². The standard InChI is InChI=1S/C15H18N4O2/c16-7-11-1-2-14(17-8-11)18-9-12-3-5-19(10-12)13-4-6-21-15(13)20/h1-2,8,12-13H,3-6,9-10H2,(H,17,18). The van der Waals surface area contributed by atoms with Gasteiger partial charge in [0.05, 0.1) is 12.2 Å². The van der Waals surface area contributed by atoms with Crippen molar-refractivity contribution in [3.63, 3.8) is 0 Å². The van der Waals surface area contributed by atoms with Gasteiger partial charge in [-0.05, 0) is 31.0 Å².